The molecule has 34 heavy (non-hydrogen) atoms. The van der Waals surface area contributed by atoms with Crippen molar-refractivity contribution in [3.05, 3.63) is 54.9 Å². The lowest BCUT2D eigenvalue weighted by atomic mass is 9.86. The minimum atomic E-state index is -0.0796. The maximum absolute atomic E-state index is 13.6. The van der Waals surface area contributed by atoms with Crippen molar-refractivity contribution < 1.29 is 14.3 Å². The number of carbonyl (C=O) groups excluding carboxylic acids is 2. The first-order valence-electron chi connectivity index (χ1n) is 11.8. The topological polar surface area (TPSA) is 43.4 Å². The van der Waals surface area contributed by atoms with Gasteiger partial charge in [-0.3, -0.25) is 9.59 Å². The van der Waals surface area contributed by atoms with Gasteiger partial charge >= 0.3 is 0 Å². The molecule has 178 valence electrons. The summed E-state index contributed by atoms with van der Waals surface area (Å²) in [6.07, 6.45) is 5.91. The predicted molar refractivity (Wildman–Crippen MR) is 149 cm³/mol. The number of Topliss-reactive ketones (excluding diaryl/α,β-unsaturated/α-hetero) is 2. The number of carbonyl (C=O) groups is 2. The minimum Gasteiger partial charge on any atom is -0.455 e. The van der Waals surface area contributed by atoms with Crippen LogP contribution in [-0.4, -0.2) is 11.6 Å². The average Bonchev–Trinajstić information content (AvgIpc) is 2.81. The van der Waals surface area contributed by atoms with Gasteiger partial charge in [0.25, 0.3) is 0 Å². The fraction of sp³-hybridized carbons (Fsp3) is 0.357. The lowest BCUT2D eigenvalue weighted by Crippen LogP contribution is -2.10. The molecule has 1 unspecified atom stereocenters. The molecule has 0 aromatic heterocycles. The van der Waals surface area contributed by atoms with E-state index in [4.69, 9.17) is 4.74 Å². The summed E-state index contributed by atoms with van der Waals surface area (Å²) in [6.45, 7) is 5.94. The third-order valence-corrected chi connectivity index (χ3v) is 8.40. The zero-order valence-corrected chi connectivity index (χ0v) is 24.3. The third kappa shape index (κ3) is 4.78. The van der Waals surface area contributed by atoms with E-state index in [9.17, 15) is 9.59 Å². The van der Waals surface area contributed by atoms with Crippen molar-refractivity contribution in [3.8, 4) is 22.6 Å². The van der Waals surface area contributed by atoms with E-state index >= 15 is 0 Å². The Morgan fingerprint density at radius 1 is 0.941 bits per heavy atom. The summed E-state index contributed by atoms with van der Waals surface area (Å²) in [5.74, 6) is 1.90. The van der Waals surface area contributed by atoms with Gasteiger partial charge in [-0.2, -0.15) is 0 Å². The van der Waals surface area contributed by atoms with Crippen molar-refractivity contribution in [3.63, 3.8) is 0 Å². The Hall–Kier alpha value is -1.50. The number of benzene rings is 3. The molecule has 0 aliphatic carbocycles. The molecule has 3 nitrogen and oxygen atoms in total. The van der Waals surface area contributed by atoms with Crippen LogP contribution in [0.1, 0.15) is 80.0 Å². The van der Waals surface area contributed by atoms with E-state index in [1.165, 1.54) is 12.8 Å². The fourth-order valence-electron chi connectivity index (χ4n) is 4.81. The number of hydrogen-bond donors (Lipinski definition) is 0. The van der Waals surface area contributed by atoms with Gasteiger partial charge in [0.1, 0.15) is 11.5 Å². The number of ether oxygens (including phenoxy) is 1. The summed E-state index contributed by atoms with van der Waals surface area (Å²) >= 11 is 10.9. The van der Waals surface area contributed by atoms with Gasteiger partial charge in [-0.1, -0.05) is 71.4 Å². The fourth-order valence-corrected chi connectivity index (χ4v) is 6.32. The molecule has 3 aromatic rings. The molecule has 1 aliphatic rings. The molecular weight excluding hydrogens is 624 g/mol. The summed E-state index contributed by atoms with van der Waals surface area (Å²) in [4.78, 5) is 26.3. The Labute approximate surface area is 226 Å². The molecule has 1 aliphatic heterocycles. The molecule has 6 heteroatoms. The van der Waals surface area contributed by atoms with Crippen molar-refractivity contribution in [1.29, 1.82) is 0 Å². The second kappa shape index (κ2) is 10.6. The molecular formula is C28H27Br3O3. The van der Waals surface area contributed by atoms with Crippen LogP contribution in [0.25, 0.3) is 21.9 Å². The highest BCUT2D eigenvalue weighted by Crippen LogP contribution is 2.54. The van der Waals surface area contributed by atoms with Crippen LogP contribution in [-0.2, 0) is 0 Å². The quantitative estimate of drug-likeness (QED) is 0.169. The standard InChI is InChI=1S/C28H27Br3O3/c1-4-6-7-16(5-2)8-10-23(33)19-14-21(30)26-20-12-17(29)9-11-24(20)34-28-22(31)13-18(15(3)32)25(19)27(26)28/h9,11-14,16H,4-8,10H2,1-3H3. The van der Waals surface area contributed by atoms with Crippen LogP contribution in [0.3, 0.4) is 0 Å². The maximum atomic E-state index is 13.6. The molecule has 1 heterocycles. The number of hydrogen-bond acceptors (Lipinski definition) is 3. The monoisotopic (exact) mass is 648 g/mol. The van der Waals surface area contributed by atoms with E-state index in [-0.39, 0.29) is 11.6 Å². The van der Waals surface area contributed by atoms with Gasteiger partial charge in [-0.15, -0.1) is 0 Å². The van der Waals surface area contributed by atoms with Gasteiger partial charge < -0.3 is 4.74 Å². The van der Waals surface area contributed by atoms with Gasteiger partial charge in [0.2, 0.25) is 0 Å². The first kappa shape index (κ1) is 25.6. The molecule has 0 fully saturated rings. The van der Waals surface area contributed by atoms with E-state index in [1.54, 1.807) is 13.0 Å². The molecule has 3 aromatic carbocycles. The summed E-state index contributed by atoms with van der Waals surface area (Å²) in [5.41, 5.74) is 2.96. The molecule has 0 spiro atoms. The molecule has 0 saturated heterocycles. The second-order valence-corrected chi connectivity index (χ2v) is 11.6. The Morgan fingerprint density at radius 3 is 2.35 bits per heavy atom. The van der Waals surface area contributed by atoms with E-state index in [1.807, 2.05) is 24.3 Å². The zero-order valence-electron chi connectivity index (χ0n) is 19.6. The second-order valence-electron chi connectivity index (χ2n) is 8.94. The van der Waals surface area contributed by atoms with Crippen LogP contribution < -0.4 is 4.74 Å². The van der Waals surface area contributed by atoms with E-state index < -0.39 is 0 Å². The summed E-state index contributed by atoms with van der Waals surface area (Å²) in [6, 6.07) is 9.55. The van der Waals surface area contributed by atoms with Crippen LogP contribution in [0.2, 0.25) is 0 Å². The lowest BCUT2D eigenvalue weighted by molar-refractivity contribution is 0.0973. The highest BCUT2D eigenvalue weighted by atomic mass is 79.9. The first-order chi connectivity index (χ1) is 16.3. The van der Waals surface area contributed by atoms with Crippen molar-refractivity contribution >= 4 is 70.1 Å². The lowest BCUT2D eigenvalue weighted by Gasteiger charge is -2.26. The molecule has 0 saturated carbocycles. The summed E-state index contributed by atoms with van der Waals surface area (Å²) < 4.78 is 8.75. The summed E-state index contributed by atoms with van der Waals surface area (Å²) in [7, 11) is 0. The smallest absolute Gasteiger partial charge is 0.163 e. The third-order valence-electron chi connectivity index (χ3n) is 6.69. The summed E-state index contributed by atoms with van der Waals surface area (Å²) in [5, 5.41) is 1.47. The predicted octanol–water partition coefficient (Wildman–Crippen LogP) is 10.3. The first-order valence-corrected chi connectivity index (χ1v) is 14.1. The molecule has 4 rings (SSSR count). The van der Waals surface area contributed by atoms with Gasteiger partial charge in [0.15, 0.2) is 11.6 Å². The van der Waals surface area contributed by atoms with Gasteiger partial charge in [-0.05, 0) is 65.5 Å². The van der Waals surface area contributed by atoms with Crippen molar-refractivity contribution in [2.24, 2.45) is 5.92 Å². The molecule has 0 N–H and O–H groups in total. The highest BCUT2D eigenvalue weighted by molar-refractivity contribution is 9.11. The van der Waals surface area contributed by atoms with E-state index in [0.717, 1.165) is 50.5 Å². The van der Waals surface area contributed by atoms with E-state index in [2.05, 4.69) is 61.6 Å². The van der Waals surface area contributed by atoms with Crippen molar-refractivity contribution in [2.75, 3.05) is 0 Å². The maximum Gasteiger partial charge on any atom is 0.163 e. The number of fused-ring (bicyclic) bond motifs is 2. The van der Waals surface area contributed by atoms with Crippen LogP contribution in [0.5, 0.6) is 11.5 Å². The highest BCUT2D eigenvalue weighted by Gasteiger charge is 2.30. The molecule has 0 bridgehead atoms. The normalized spacial score (nSPS) is 12.9. The molecule has 0 amide bonds. The zero-order chi connectivity index (χ0) is 24.6. The van der Waals surface area contributed by atoms with Gasteiger partial charge in [0.05, 0.1) is 4.47 Å². The van der Waals surface area contributed by atoms with Crippen LogP contribution >= 0.6 is 47.8 Å². The Bertz CT molecular complexity index is 1300. The molecule has 1 atom stereocenters. The van der Waals surface area contributed by atoms with Crippen LogP contribution in [0.15, 0.2) is 43.7 Å². The Morgan fingerprint density at radius 2 is 1.68 bits per heavy atom. The van der Waals surface area contributed by atoms with Crippen LogP contribution in [0.4, 0.5) is 0 Å². The Kier molecular flexibility index (Phi) is 8.00. The molecule has 0 radical (unpaired) electrons. The van der Waals surface area contributed by atoms with Gasteiger partial charge in [0, 0.05) is 48.4 Å². The SMILES string of the molecule is CCCCC(CC)CCC(=O)c1cc(Br)c2c3c(c(Br)cc(C(C)=O)c13)Oc1ccc(Br)cc1-2. The number of halogens is 3. The number of unbranched alkanes of at least 4 members (excludes halogenated alkanes) is 1. The average molecular weight is 651 g/mol. The van der Waals surface area contributed by atoms with Crippen molar-refractivity contribution in [1.82, 2.24) is 0 Å². The Balaban J connectivity index is 1.91. The minimum absolute atomic E-state index is 0.0676. The van der Waals surface area contributed by atoms with Gasteiger partial charge in [-0.25, -0.2) is 0 Å². The number of rotatable bonds is 9. The van der Waals surface area contributed by atoms with Crippen molar-refractivity contribution in [2.45, 2.75) is 59.3 Å². The van der Waals surface area contributed by atoms with Crippen LogP contribution in [0, 0.1) is 5.92 Å². The van der Waals surface area contributed by atoms with E-state index in [0.29, 0.717) is 39.1 Å². The number of ketones is 2. The largest absolute Gasteiger partial charge is 0.455 e.